The summed E-state index contributed by atoms with van der Waals surface area (Å²) in [5.41, 5.74) is 1.78. The highest BCUT2D eigenvalue weighted by Crippen LogP contribution is 2.25. The average Bonchev–Trinajstić information content (AvgIpc) is 2.47. The Bertz CT molecular complexity index is 611. The maximum atomic E-state index is 14.2. The second-order valence-corrected chi connectivity index (χ2v) is 5.96. The zero-order chi connectivity index (χ0) is 15.4. The fourth-order valence-corrected chi connectivity index (χ4v) is 2.59. The summed E-state index contributed by atoms with van der Waals surface area (Å²) in [6.07, 6.45) is 0.612. The van der Waals surface area contributed by atoms with Gasteiger partial charge in [-0.1, -0.05) is 47.1 Å². The zero-order valence-electron chi connectivity index (χ0n) is 12.1. The molecule has 0 spiro atoms. The van der Waals surface area contributed by atoms with Crippen LogP contribution in [-0.2, 0) is 6.42 Å². The molecule has 0 saturated heterocycles. The van der Waals surface area contributed by atoms with Crippen LogP contribution >= 0.6 is 15.9 Å². The van der Waals surface area contributed by atoms with Gasteiger partial charge in [-0.05, 0) is 43.1 Å². The van der Waals surface area contributed by atoms with Gasteiger partial charge in [0.25, 0.3) is 0 Å². The minimum absolute atomic E-state index is 0.244. The fraction of sp³-hybridized carbons (Fsp3) is 0.294. The van der Waals surface area contributed by atoms with E-state index in [9.17, 15) is 8.78 Å². The van der Waals surface area contributed by atoms with E-state index in [0.717, 1.165) is 10.0 Å². The van der Waals surface area contributed by atoms with Crippen molar-refractivity contribution in [3.8, 4) is 0 Å². The van der Waals surface area contributed by atoms with Gasteiger partial charge in [0, 0.05) is 16.1 Å². The first-order valence-corrected chi connectivity index (χ1v) is 7.74. The molecule has 1 atom stereocenters. The van der Waals surface area contributed by atoms with Gasteiger partial charge in [0.2, 0.25) is 0 Å². The van der Waals surface area contributed by atoms with E-state index in [-0.39, 0.29) is 6.04 Å². The number of nitrogens with one attached hydrogen (secondary N) is 1. The van der Waals surface area contributed by atoms with E-state index in [2.05, 4.69) is 21.2 Å². The summed E-state index contributed by atoms with van der Waals surface area (Å²) in [5, 5.41) is 3.23. The van der Waals surface area contributed by atoms with Crippen molar-refractivity contribution in [2.24, 2.45) is 0 Å². The highest BCUT2D eigenvalue weighted by Gasteiger charge is 2.19. The van der Waals surface area contributed by atoms with E-state index in [1.807, 2.05) is 31.2 Å². The molecule has 0 aromatic heterocycles. The number of hydrogen-bond acceptors (Lipinski definition) is 1. The molecule has 21 heavy (non-hydrogen) atoms. The Morgan fingerprint density at radius 1 is 1.05 bits per heavy atom. The predicted octanol–water partition coefficient (Wildman–Crippen LogP) is 4.93. The SMILES string of the molecule is CCNC(Cc1ccc(Br)cc1)c1ccc(C)c(F)c1F. The lowest BCUT2D eigenvalue weighted by Gasteiger charge is -2.20. The fourth-order valence-electron chi connectivity index (χ4n) is 2.32. The molecule has 0 aliphatic rings. The molecular formula is C17H18BrF2N. The summed E-state index contributed by atoms with van der Waals surface area (Å²) < 4.78 is 29.0. The molecule has 0 saturated carbocycles. The van der Waals surface area contributed by atoms with Gasteiger partial charge in [-0.25, -0.2) is 8.78 Å². The lowest BCUT2D eigenvalue weighted by molar-refractivity contribution is 0.461. The van der Waals surface area contributed by atoms with Gasteiger partial charge < -0.3 is 5.32 Å². The first kappa shape index (κ1) is 16.1. The molecule has 1 N–H and O–H groups in total. The van der Waals surface area contributed by atoms with Gasteiger partial charge in [-0.3, -0.25) is 0 Å². The van der Waals surface area contributed by atoms with Crippen molar-refractivity contribution in [3.63, 3.8) is 0 Å². The van der Waals surface area contributed by atoms with Gasteiger partial charge >= 0.3 is 0 Å². The Morgan fingerprint density at radius 3 is 2.33 bits per heavy atom. The van der Waals surface area contributed by atoms with Crippen molar-refractivity contribution in [2.45, 2.75) is 26.3 Å². The normalized spacial score (nSPS) is 12.4. The maximum Gasteiger partial charge on any atom is 0.163 e. The monoisotopic (exact) mass is 353 g/mol. The largest absolute Gasteiger partial charge is 0.310 e. The highest BCUT2D eigenvalue weighted by molar-refractivity contribution is 9.10. The second kappa shape index (κ2) is 7.14. The van der Waals surface area contributed by atoms with Crippen LogP contribution in [0.5, 0.6) is 0 Å². The molecule has 0 fully saturated rings. The van der Waals surface area contributed by atoms with E-state index < -0.39 is 11.6 Å². The van der Waals surface area contributed by atoms with Crippen LogP contribution < -0.4 is 5.32 Å². The van der Waals surface area contributed by atoms with Crippen molar-refractivity contribution in [2.75, 3.05) is 6.54 Å². The maximum absolute atomic E-state index is 14.2. The van der Waals surface area contributed by atoms with Crippen LogP contribution in [0.1, 0.15) is 29.7 Å². The van der Waals surface area contributed by atoms with Crippen molar-refractivity contribution in [1.29, 1.82) is 0 Å². The quantitative estimate of drug-likeness (QED) is 0.803. The molecule has 0 bridgehead atoms. The summed E-state index contributed by atoms with van der Waals surface area (Å²) in [7, 11) is 0. The number of aryl methyl sites for hydroxylation is 1. The third-order valence-corrected chi connectivity index (χ3v) is 4.01. The Balaban J connectivity index is 2.30. The second-order valence-electron chi connectivity index (χ2n) is 5.04. The molecule has 112 valence electrons. The zero-order valence-corrected chi connectivity index (χ0v) is 13.7. The van der Waals surface area contributed by atoms with Crippen molar-refractivity contribution < 1.29 is 8.78 Å². The number of halogens is 3. The van der Waals surface area contributed by atoms with Gasteiger partial charge in [0.05, 0.1) is 0 Å². The Kier molecular flexibility index (Phi) is 5.48. The lowest BCUT2D eigenvalue weighted by Crippen LogP contribution is -2.24. The average molecular weight is 354 g/mol. The molecule has 1 unspecified atom stereocenters. The Hall–Kier alpha value is -1.26. The molecule has 2 aromatic carbocycles. The van der Waals surface area contributed by atoms with Crippen LogP contribution in [0, 0.1) is 18.6 Å². The smallest absolute Gasteiger partial charge is 0.163 e. The van der Waals surface area contributed by atoms with Crippen LogP contribution in [-0.4, -0.2) is 6.54 Å². The standard InChI is InChI=1S/C17H18BrF2N/c1-3-21-15(10-12-5-7-13(18)8-6-12)14-9-4-11(2)16(19)17(14)20/h4-9,15,21H,3,10H2,1-2H3. The molecule has 0 amide bonds. The first-order valence-electron chi connectivity index (χ1n) is 6.95. The summed E-state index contributed by atoms with van der Waals surface area (Å²) in [4.78, 5) is 0. The third-order valence-electron chi connectivity index (χ3n) is 3.48. The molecule has 0 radical (unpaired) electrons. The molecular weight excluding hydrogens is 336 g/mol. The van der Waals surface area contributed by atoms with E-state index in [1.54, 1.807) is 19.1 Å². The number of hydrogen-bond donors (Lipinski definition) is 1. The topological polar surface area (TPSA) is 12.0 Å². The van der Waals surface area contributed by atoms with Crippen molar-refractivity contribution >= 4 is 15.9 Å². The molecule has 0 heterocycles. The summed E-state index contributed by atoms with van der Waals surface area (Å²) >= 11 is 3.39. The molecule has 0 aliphatic carbocycles. The van der Waals surface area contributed by atoms with Crippen LogP contribution in [0.15, 0.2) is 40.9 Å². The summed E-state index contributed by atoms with van der Waals surface area (Å²) in [5.74, 6) is -1.51. The van der Waals surface area contributed by atoms with Gasteiger partial charge in [-0.2, -0.15) is 0 Å². The van der Waals surface area contributed by atoms with Gasteiger partial charge in [-0.15, -0.1) is 0 Å². The van der Waals surface area contributed by atoms with E-state index in [1.165, 1.54) is 0 Å². The highest BCUT2D eigenvalue weighted by atomic mass is 79.9. The van der Waals surface area contributed by atoms with Crippen LogP contribution in [0.2, 0.25) is 0 Å². The number of benzene rings is 2. The number of likely N-dealkylation sites (N-methyl/N-ethyl adjacent to an activating group) is 1. The summed E-state index contributed by atoms with van der Waals surface area (Å²) in [6.45, 7) is 4.21. The van der Waals surface area contributed by atoms with Crippen LogP contribution in [0.4, 0.5) is 8.78 Å². The van der Waals surface area contributed by atoms with Gasteiger partial charge in [0.15, 0.2) is 11.6 Å². The summed E-state index contributed by atoms with van der Waals surface area (Å²) in [6, 6.07) is 10.9. The van der Waals surface area contributed by atoms with Crippen molar-refractivity contribution in [3.05, 3.63) is 69.2 Å². The lowest BCUT2D eigenvalue weighted by atomic mass is 9.97. The van der Waals surface area contributed by atoms with E-state index >= 15 is 0 Å². The van der Waals surface area contributed by atoms with Crippen molar-refractivity contribution in [1.82, 2.24) is 5.32 Å². The third kappa shape index (κ3) is 3.89. The minimum Gasteiger partial charge on any atom is -0.310 e. The van der Waals surface area contributed by atoms with Gasteiger partial charge in [0.1, 0.15) is 0 Å². The molecule has 2 rings (SSSR count). The van der Waals surface area contributed by atoms with E-state index in [4.69, 9.17) is 0 Å². The molecule has 2 aromatic rings. The van der Waals surface area contributed by atoms with Crippen LogP contribution in [0.25, 0.3) is 0 Å². The molecule has 0 aliphatic heterocycles. The Morgan fingerprint density at radius 2 is 1.71 bits per heavy atom. The minimum atomic E-state index is -0.758. The first-order chi connectivity index (χ1) is 10.0. The molecule has 1 nitrogen and oxygen atoms in total. The van der Waals surface area contributed by atoms with E-state index in [0.29, 0.717) is 24.1 Å². The number of rotatable bonds is 5. The van der Waals surface area contributed by atoms with Crippen LogP contribution in [0.3, 0.4) is 0 Å². The Labute approximate surface area is 132 Å². The predicted molar refractivity (Wildman–Crippen MR) is 85.4 cm³/mol. The molecule has 4 heteroatoms.